The van der Waals surface area contributed by atoms with Gasteiger partial charge in [-0.15, -0.1) is 24.0 Å². The maximum absolute atomic E-state index is 11.0. The number of hydrogen-bond donors (Lipinski definition) is 3. The van der Waals surface area contributed by atoms with Crippen molar-refractivity contribution in [3.63, 3.8) is 0 Å². The number of fused-ring (bicyclic) bond motifs is 1. The molecule has 0 aliphatic carbocycles. The van der Waals surface area contributed by atoms with Gasteiger partial charge in [0, 0.05) is 31.1 Å². The second-order valence-electron chi connectivity index (χ2n) is 5.17. The molecule has 0 aliphatic rings. The molecule has 0 aliphatic heterocycles. The van der Waals surface area contributed by atoms with Crippen molar-refractivity contribution in [3.05, 3.63) is 35.6 Å². The molecule has 9 heteroatoms. The van der Waals surface area contributed by atoms with Gasteiger partial charge in [0.05, 0.1) is 12.8 Å². The number of sulfonamides is 1. The number of nitrogens with one attached hydrogen (secondary N) is 3. The highest BCUT2D eigenvalue weighted by atomic mass is 127. The van der Waals surface area contributed by atoms with Gasteiger partial charge in [-0.25, -0.2) is 13.1 Å². The molecule has 1 heterocycles. The van der Waals surface area contributed by atoms with Crippen LogP contribution in [0.5, 0.6) is 0 Å². The van der Waals surface area contributed by atoms with Gasteiger partial charge in [-0.3, -0.25) is 4.99 Å². The van der Waals surface area contributed by atoms with Crippen molar-refractivity contribution in [2.24, 2.45) is 4.99 Å². The summed E-state index contributed by atoms with van der Waals surface area (Å²) in [6.07, 6.45) is 1.13. The molecule has 3 N–H and O–H groups in total. The van der Waals surface area contributed by atoms with Gasteiger partial charge < -0.3 is 15.1 Å². The second kappa shape index (κ2) is 9.23. The summed E-state index contributed by atoms with van der Waals surface area (Å²) in [4.78, 5) is 4.10. The fourth-order valence-electron chi connectivity index (χ4n) is 2.20. The highest BCUT2D eigenvalue weighted by Crippen LogP contribution is 2.24. The van der Waals surface area contributed by atoms with Crippen molar-refractivity contribution < 1.29 is 12.8 Å². The van der Waals surface area contributed by atoms with Gasteiger partial charge >= 0.3 is 0 Å². The minimum Gasteiger partial charge on any atom is -0.459 e. The summed E-state index contributed by atoms with van der Waals surface area (Å²) >= 11 is 0. The van der Waals surface area contributed by atoms with E-state index < -0.39 is 10.0 Å². The van der Waals surface area contributed by atoms with E-state index in [1.807, 2.05) is 31.2 Å². The van der Waals surface area contributed by atoms with Crippen LogP contribution in [0.25, 0.3) is 11.0 Å². The molecule has 0 atom stereocenters. The van der Waals surface area contributed by atoms with Crippen LogP contribution >= 0.6 is 24.0 Å². The van der Waals surface area contributed by atoms with Crippen LogP contribution in [0.15, 0.2) is 33.7 Å². The molecule has 0 radical (unpaired) electrons. The van der Waals surface area contributed by atoms with Crippen molar-refractivity contribution in [1.82, 2.24) is 15.4 Å². The Hall–Kier alpha value is -1.33. The predicted octanol–water partition coefficient (Wildman–Crippen LogP) is 1.57. The van der Waals surface area contributed by atoms with E-state index in [0.717, 1.165) is 28.5 Å². The number of nitrogens with zero attached hydrogens (tertiary/aromatic N) is 1. The lowest BCUT2D eigenvalue weighted by molar-refractivity contribution is 0.534. The monoisotopic (exact) mass is 466 g/mol. The van der Waals surface area contributed by atoms with Gasteiger partial charge in [-0.1, -0.05) is 18.2 Å². The SMILES string of the molecule is CN=C(NCCNS(C)(=O)=O)NCc1oc2ccccc2c1C.I. The van der Waals surface area contributed by atoms with E-state index in [1.54, 1.807) is 7.05 Å². The fourth-order valence-corrected chi connectivity index (χ4v) is 2.67. The Morgan fingerprint density at radius 3 is 2.54 bits per heavy atom. The third-order valence-corrected chi connectivity index (χ3v) is 4.09. The molecule has 0 fully saturated rings. The van der Waals surface area contributed by atoms with Gasteiger partial charge in [-0.05, 0) is 13.0 Å². The lowest BCUT2D eigenvalue weighted by Gasteiger charge is -2.11. The standard InChI is InChI=1S/C15H22N4O3S.HI/c1-11-12-6-4-5-7-13(12)22-14(11)10-18-15(16-2)17-8-9-19-23(3,20)21;/h4-7,19H,8-10H2,1-3H3,(H2,16,17,18);1H. The number of benzene rings is 1. The molecule has 7 nitrogen and oxygen atoms in total. The van der Waals surface area contributed by atoms with Crippen LogP contribution in [-0.4, -0.2) is 40.8 Å². The molecule has 0 amide bonds. The molecule has 1 aromatic carbocycles. The Bertz CT molecular complexity index is 802. The van der Waals surface area contributed by atoms with E-state index in [9.17, 15) is 8.42 Å². The topological polar surface area (TPSA) is 95.7 Å². The van der Waals surface area contributed by atoms with Gasteiger partial charge in [0.1, 0.15) is 11.3 Å². The Kier molecular flexibility index (Phi) is 7.97. The van der Waals surface area contributed by atoms with Crippen molar-refractivity contribution >= 4 is 50.9 Å². The van der Waals surface area contributed by atoms with Crippen LogP contribution in [0, 0.1) is 6.92 Å². The summed E-state index contributed by atoms with van der Waals surface area (Å²) in [5.41, 5.74) is 1.96. The highest BCUT2D eigenvalue weighted by Gasteiger charge is 2.10. The average molecular weight is 466 g/mol. The smallest absolute Gasteiger partial charge is 0.208 e. The van der Waals surface area contributed by atoms with E-state index >= 15 is 0 Å². The summed E-state index contributed by atoms with van der Waals surface area (Å²) in [5, 5.41) is 7.29. The van der Waals surface area contributed by atoms with Gasteiger partial charge in [0.25, 0.3) is 0 Å². The van der Waals surface area contributed by atoms with Crippen LogP contribution < -0.4 is 15.4 Å². The first-order chi connectivity index (χ1) is 10.9. The summed E-state index contributed by atoms with van der Waals surface area (Å²) in [6.45, 7) is 3.25. The summed E-state index contributed by atoms with van der Waals surface area (Å²) < 4.78 is 30.2. The molecular weight excluding hydrogens is 443 g/mol. The zero-order chi connectivity index (χ0) is 16.9. The highest BCUT2D eigenvalue weighted by molar-refractivity contribution is 14.0. The lowest BCUT2D eigenvalue weighted by atomic mass is 10.1. The number of rotatable bonds is 6. The van der Waals surface area contributed by atoms with Crippen molar-refractivity contribution in [2.75, 3.05) is 26.4 Å². The fraction of sp³-hybridized carbons (Fsp3) is 0.400. The minimum absolute atomic E-state index is 0. The average Bonchev–Trinajstić information content (AvgIpc) is 2.82. The van der Waals surface area contributed by atoms with Crippen molar-refractivity contribution in [3.8, 4) is 0 Å². The third-order valence-electron chi connectivity index (χ3n) is 3.36. The molecule has 134 valence electrons. The molecule has 24 heavy (non-hydrogen) atoms. The van der Waals surface area contributed by atoms with E-state index in [4.69, 9.17) is 4.42 Å². The molecule has 0 unspecified atom stereocenters. The molecule has 0 saturated heterocycles. The van der Waals surface area contributed by atoms with Crippen molar-refractivity contribution in [2.45, 2.75) is 13.5 Å². The van der Waals surface area contributed by atoms with Crippen LogP contribution in [0.4, 0.5) is 0 Å². The van der Waals surface area contributed by atoms with Gasteiger partial charge in [0.15, 0.2) is 5.96 Å². The molecule has 2 rings (SSSR count). The predicted molar refractivity (Wildman–Crippen MR) is 107 cm³/mol. The summed E-state index contributed by atoms with van der Waals surface area (Å²) in [5.74, 6) is 1.43. The first-order valence-corrected chi connectivity index (χ1v) is 9.16. The Morgan fingerprint density at radius 2 is 1.92 bits per heavy atom. The van der Waals surface area contributed by atoms with Crippen LogP contribution in [0.1, 0.15) is 11.3 Å². The molecule has 0 saturated carbocycles. The number of para-hydroxylation sites is 1. The number of aryl methyl sites for hydroxylation is 1. The molecule has 2 aromatic rings. The van der Waals surface area contributed by atoms with E-state index in [2.05, 4.69) is 20.3 Å². The van der Waals surface area contributed by atoms with Crippen LogP contribution in [0.3, 0.4) is 0 Å². The zero-order valence-corrected chi connectivity index (χ0v) is 17.1. The minimum atomic E-state index is -3.17. The second-order valence-corrected chi connectivity index (χ2v) is 7.00. The maximum atomic E-state index is 11.0. The van der Waals surface area contributed by atoms with E-state index in [-0.39, 0.29) is 24.0 Å². The first kappa shape index (κ1) is 20.7. The van der Waals surface area contributed by atoms with Crippen LogP contribution in [0.2, 0.25) is 0 Å². The molecule has 1 aromatic heterocycles. The number of hydrogen-bond acceptors (Lipinski definition) is 4. The Morgan fingerprint density at radius 1 is 1.21 bits per heavy atom. The number of guanidine groups is 1. The largest absolute Gasteiger partial charge is 0.459 e. The number of aliphatic imine (C=N–C) groups is 1. The number of halogens is 1. The van der Waals surface area contributed by atoms with Gasteiger partial charge in [-0.2, -0.15) is 0 Å². The Labute approximate surface area is 159 Å². The zero-order valence-electron chi connectivity index (χ0n) is 13.9. The molecule has 0 bridgehead atoms. The normalized spacial score (nSPS) is 12.0. The maximum Gasteiger partial charge on any atom is 0.208 e. The van der Waals surface area contributed by atoms with Crippen LogP contribution in [-0.2, 0) is 16.6 Å². The lowest BCUT2D eigenvalue weighted by Crippen LogP contribution is -2.41. The summed E-state index contributed by atoms with van der Waals surface area (Å²) in [7, 11) is -1.51. The Balaban J connectivity index is 0.00000288. The van der Waals surface area contributed by atoms with Crippen molar-refractivity contribution in [1.29, 1.82) is 0 Å². The molecule has 0 spiro atoms. The van der Waals surface area contributed by atoms with E-state index in [1.165, 1.54) is 0 Å². The van der Waals surface area contributed by atoms with E-state index in [0.29, 0.717) is 25.6 Å². The quantitative estimate of drug-likeness (QED) is 0.260. The number of furan rings is 1. The summed E-state index contributed by atoms with van der Waals surface area (Å²) in [6, 6.07) is 7.90. The molecular formula is C15H23IN4O3S. The third kappa shape index (κ3) is 5.95. The van der Waals surface area contributed by atoms with Gasteiger partial charge in [0.2, 0.25) is 10.0 Å². The first-order valence-electron chi connectivity index (χ1n) is 7.27.